The van der Waals surface area contributed by atoms with E-state index >= 15 is 0 Å². The molecule has 0 aliphatic heterocycles. The number of nitrogens with one attached hydrogen (secondary N) is 1. The average Bonchev–Trinajstić information content (AvgIpc) is 2.66. The number of aromatic nitrogens is 2. The Bertz CT molecular complexity index is 1150. The summed E-state index contributed by atoms with van der Waals surface area (Å²) in [6, 6.07) is 8.69. The van der Waals surface area contributed by atoms with Crippen LogP contribution in [0.4, 0.5) is 5.69 Å². The molecular formula is C21H21N3O4. The summed E-state index contributed by atoms with van der Waals surface area (Å²) in [6.07, 6.45) is 1.37. The second kappa shape index (κ2) is 7.64. The molecule has 0 aliphatic rings. The third-order valence-corrected chi connectivity index (χ3v) is 4.73. The molecule has 144 valence electrons. The molecule has 0 atom stereocenters. The molecule has 0 saturated heterocycles. The molecule has 0 fully saturated rings. The lowest BCUT2D eigenvalue weighted by Gasteiger charge is -2.12. The zero-order chi connectivity index (χ0) is 20.4. The Morgan fingerprint density at radius 1 is 1.14 bits per heavy atom. The van der Waals surface area contributed by atoms with E-state index in [0.29, 0.717) is 22.2 Å². The Hall–Kier alpha value is -3.48. The third kappa shape index (κ3) is 3.64. The average molecular weight is 379 g/mol. The highest BCUT2D eigenvalue weighted by Gasteiger charge is 2.15. The van der Waals surface area contributed by atoms with Gasteiger partial charge >= 0.3 is 5.97 Å². The second-order valence-electron chi connectivity index (χ2n) is 6.65. The fraction of sp³-hybridized carbons (Fsp3) is 0.238. The van der Waals surface area contributed by atoms with Crippen molar-refractivity contribution in [1.82, 2.24) is 9.55 Å². The van der Waals surface area contributed by atoms with Crippen LogP contribution in [-0.2, 0) is 16.1 Å². The second-order valence-corrected chi connectivity index (χ2v) is 6.65. The third-order valence-electron chi connectivity index (χ3n) is 4.73. The summed E-state index contributed by atoms with van der Waals surface area (Å²) in [5.74, 6) is -0.864. The zero-order valence-electron chi connectivity index (χ0n) is 16.2. The highest BCUT2D eigenvalue weighted by Crippen LogP contribution is 2.21. The van der Waals surface area contributed by atoms with Gasteiger partial charge in [-0.2, -0.15) is 0 Å². The molecule has 7 nitrogen and oxygen atoms in total. The first-order chi connectivity index (χ1) is 13.3. The van der Waals surface area contributed by atoms with Crippen molar-refractivity contribution in [3.05, 3.63) is 69.3 Å². The fourth-order valence-corrected chi connectivity index (χ4v) is 3.06. The summed E-state index contributed by atoms with van der Waals surface area (Å²) >= 11 is 0. The van der Waals surface area contributed by atoms with E-state index < -0.39 is 11.9 Å². The molecule has 0 saturated carbocycles. The van der Waals surface area contributed by atoms with Crippen LogP contribution in [0.15, 0.2) is 41.5 Å². The first kappa shape index (κ1) is 19.3. The number of carbonyl (C=O) groups is 2. The van der Waals surface area contributed by atoms with Crippen molar-refractivity contribution in [3.8, 4) is 0 Å². The van der Waals surface area contributed by atoms with E-state index in [2.05, 4.69) is 10.3 Å². The molecule has 1 aromatic heterocycles. The minimum absolute atomic E-state index is 0.184. The quantitative estimate of drug-likeness (QED) is 0.704. The highest BCUT2D eigenvalue weighted by molar-refractivity contribution is 5.96. The summed E-state index contributed by atoms with van der Waals surface area (Å²) in [4.78, 5) is 41.3. The van der Waals surface area contributed by atoms with Gasteiger partial charge in [-0.3, -0.25) is 14.2 Å². The van der Waals surface area contributed by atoms with Gasteiger partial charge < -0.3 is 10.1 Å². The van der Waals surface area contributed by atoms with E-state index in [-0.39, 0.29) is 12.1 Å². The number of methoxy groups -OCH3 is 1. The van der Waals surface area contributed by atoms with Crippen LogP contribution in [0, 0.1) is 20.8 Å². The molecule has 3 rings (SSSR count). The van der Waals surface area contributed by atoms with Gasteiger partial charge in [-0.1, -0.05) is 12.1 Å². The number of fused-ring (bicyclic) bond motifs is 1. The fourth-order valence-electron chi connectivity index (χ4n) is 3.06. The molecule has 7 heteroatoms. The number of aryl methyl sites for hydroxylation is 2. The monoisotopic (exact) mass is 379 g/mol. The largest absolute Gasteiger partial charge is 0.465 e. The molecule has 0 aliphatic carbocycles. The summed E-state index contributed by atoms with van der Waals surface area (Å²) in [7, 11) is 1.31. The molecule has 3 aromatic rings. The lowest BCUT2D eigenvalue weighted by molar-refractivity contribution is -0.116. The van der Waals surface area contributed by atoms with Crippen molar-refractivity contribution in [3.63, 3.8) is 0 Å². The molecule has 0 radical (unpaired) electrons. The van der Waals surface area contributed by atoms with E-state index in [9.17, 15) is 14.4 Å². The normalized spacial score (nSPS) is 10.7. The Labute approximate surface area is 162 Å². The Morgan fingerprint density at radius 3 is 2.61 bits per heavy atom. The Morgan fingerprint density at radius 2 is 1.89 bits per heavy atom. The molecule has 2 aromatic carbocycles. The summed E-state index contributed by atoms with van der Waals surface area (Å²) in [6.45, 7) is 5.35. The van der Waals surface area contributed by atoms with E-state index in [1.165, 1.54) is 18.0 Å². The van der Waals surface area contributed by atoms with Gasteiger partial charge in [-0.15, -0.1) is 0 Å². The number of anilines is 1. The van der Waals surface area contributed by atoms with Crippen molar-refractivity contribution >= 4 is 28.5 Å². The number of hydrogen-bond acceptors (Lipinski definition) is 5. The van der Waals surface area contributed by atoms with Crippen LogP contribution in [0.2, 0.25) is 0 Å². The maximum atomic E-state index is 12.6. The van der Waals surface area contributed by atoms with Crippen LogP contribution in [0.3, 0.4) is 0 Å². The summed E-state index contributed by atoms with van der Waals surface area (Å²) in [5, 5.41) is 3.20. The van der Waals surface area contributed by atoms with E-state index in [1.54, 1.807) is 24.3 Å². The highest BCUT2D eigenvalue weighted by atomic mass is 16.5. The molecule has 0 spiro atoms. The number of nitrogens with zero attached hydrogens (tertiary/aromatic N) is 2. The number of carbonyl (C=O) groups excluding carboxylic acids is 2. The van der Waals surface area contributed by atoms with Crippen molar-refractivity contribution in [1.29, 1.82) is 0 Å². The summed E-state index contributed by atoms with van der Waals surface area (Å²) in [5.41, 5.74) is 3.73. The van der Waals surface area contributed by atoms with E-state index in [0.717, 1.165) is 16.7 Å². The molecule has 1 amide bonds. The number of esters is 1. The van der Waals surface area contributed by atoms with E-state index in [1.807, 2.05) is 26.8 Å². The van der Waals surface area contributed by atoms with Gasteiger partial charge in [-0.05, 0) is 55.7 Å². The standard InChI is InChI=1S/C21H21N3O4/c1-12-6-5-7-16-19(12)22-11-24(20(16)26)10-18(25)23-15-8-13(2)14(3)17(9-15)21(27)28-4/h5-9,11H,10H2,1-4H3,(H,23,25). The number of ether oxygens (including phenoxy) is 1. The van der Waals surface area contributed by atoms with Crippen LogP contribution in [0.1, 0.15) is 27.0 Å². The van der Waals surface area contributed by atoms with Gasteiger partial charge in [0.1, 0.15) is 6.54 Å². The number of hydrogen-bond donors (Lipinski definition) is 1. The van der Waals surface area contributed by atoms with Crippen molar-refractivity contribution in [2.45, 2.75) is 27.3 Å². The molecule has 1 N–H and O–H groups in total. The maximum Gasteiger partial charge on any atom is 0.338 e. The predicted molar refractivity (Wildman–Crippen MR) is 107 cm³/mol. The first-order valence-corrected chi connectivity index (χ1v) is 8.76. The summed E-state index contributed by atoms with van der Waals surface area (Å²) < 4.78 is 6.05. The van der Waals surface area contributed by atoms with Gasteiger partial charge in [0, 0.05) is 5.69 Å². The van der Waals surface area contributed by atoms with Crippen LogP contribution in [0.25, 0.3) is 10.9 Å². The zero-order valence-corrected chi connectivity index (χ0v) is 16.2. The topological polar surface area (TPSA) is 90.3 Å². The molecular weight excluding hydrogens is 358 g/mol. The Kier molecular flexibility index (Phi) is 5.26. The molecule has 28 heavy (non-hydrogen) atoms. The smallest absolute Gasteiger partial charge is 0.338 e. The van der Waals surface area contributed by atoms with Gasteiger partial charge in [0.05, 0.1) is 29.9 Å². The molecule has 0 unspecified atom stereocenters. The van der Waals surface area contributed by atoms with Crippen molar-refractivity contribution in [2.24, 2.45) is 0 Å². The SMILES string of the molecule is COC(=O)c1cc(NC(=O)Cn2cnc3c(C)cccc3c2=O)cc(C)c1C. The molecule has 1 heterocycles. The lowest BCUT2D eigenvalue weighted by Crippen LogP contribution is -2.28. The van der Waals surface area contributed by atoms with Gasteiger partial charge in [0.25, 0.3) is 5.56 Å². The van der Waals surface area contributed by atoms with Gasteiger partial charge in [-0.25, -0.2) is 9.78 Å². The van der Waals surface area contributed by atoms with Gasteiger partial charge in [0.2, 0.25) is 5.91 Å². The van der Waals surface area contributed by atoms with E-state index in [4.69, 9.17) is 4.74 Å². The van der Waals surface area contributed by atoms with Crippen molar-refractivity contribution in [2.75, 3.05) is 12.4 Å². The number of para-hydroxylation sites is 1. The maximum absolute atomic E-state index is 12.6. The van der Waals surface area contributed by atoms with Crippen LogP contribution >= 0.6 is 0 Å². The predicted octanol–water partition coefficient (Wildman–Crippen LogP) is 2.75. The minimum atomic E-state index is -0.470. The van der Waals surface area contributed by atoms with Crippen LogP contribution in [-0.4, -0.2) is 28.5 Å². The Balaban J connectivity index is 1.86. The van der Waals surface area contributed by atoms with Crippen LogP contribution < -0.4 is 10.9 Å². The number of rotatable bonds is 4. The first-order valence-electron chi connectivity index (χ1n) is 8.76. The minimum Gasteiger partial charge on any atom is -0.465 e. The molecule has 0 bridgehead atoms. The number of amides is 1. The van der Waals surface area contributed by atoms with Gasteiger partial charge in [0.15, 0.2) is 0 Å². The van der Waals surface area contributed by atoms with Crippen molar-refractivity contribution < 1.29 is 14.3 Å². The van der Waals surface area contributed by atoms with Crippen LogP contribution in [0.5, 0.6) is 0 Å². The number of benzene rings is 2. The lowest BCUT2D eigenvalue weighted by atomic mass is 10.0.